The summed E-state index contributed by atoms with van der Waals surface area (Å²) in [5, 5.41) is 9.83. The number of carbonyl (C=O) groups excluding carboxylic acids is 2. The summed E-state index contributed by atoms with van der Waals surface area (Å²) in [7, 11) is 0. The highest BCUT2D eigenvalue weighted by Crippen LogP contribution is 2.25. The largest absolute Gasteiger partial charge is 0.360 e. The summed E-state index contributed by atoms with van der Waals surface area (Å²) >= 11 is 6.76. The predicted molar refractivity (Wildman–Crippen MR) is 134 cm³/mol. The minimum absolute atomic E-state index is 0.00413. The van der Waals surface area contributed by atoms with Crippen LogP contribution in [0.15, 0.2) is 41.4 Å². The van der Waals surface area contributed by atoms with Crippen LogP contribution in [0.1, 0.15) is 35.7 Å². The van der Waals surface area contributed by atoms with Crippen molar-refractivity contribution in [3.8, 4) is 0 Å². The van der Waals surface area contributed by atoms with Crippen molar-refractivity contribution >= 4 is 40.9 Å². The maximum Gasteiger partial charge on any atom is 0.245 e. The second-order valence-electron chi connectivity index (χ2n) is 8.52. The summed E-state index contributed by atoms with van der Waals surface area (Å²) < 4.78 is 0. The second-order valence-corrected chi connectivity index (χ2v) is 9.98. The lowest BCUT2D eigenvalue weighted by Crippen LogP contribution is -2.59. The second kappa shape index (κ2) is 10.5. The quantitative estimate of drug-likeness (QED) is 0.429. The molecule has 2 aliphatic rings. The highest BCUT2D eigenvalue weighted by molar-refractivity contribution is 8.00. The zero-order valence-electron chi connectivity index (χ0n) is 18.9. The minimum Gasteiger partial charge on any atom is -0.360 e. The molecular formula is C24H29N5O2S2. The fraction of sp³-hybridized carbons (Fsp3) is 0.417. The number of aryl methyl sites for hydroxylation is 1. The first-order valence-electron chi connectivity index (χ1n) is 11.2. The Hall–Kier alpha value is -2.65. The van der Waals surface area contributed by atoms with Crippen LogP contribution in [0.25, 0.3) is 0 Å². The average Bonchev–Trinajstić information content (AvgIpc) is 2.81. The van der Waals surface area contributed by atoms with E-state index in [9.17, 15) is 9.59 Å². The van der Waals surface area contributed by atoms with Gasteiger partial charge >= 0.3 is 0 Å². The third kappa shape index (κ3) is 5.83. The molecule has 2 aliphatic heterocycles. The summed E-state index contributed by atoms with van der Waals surface area (Å²) in [4.78, 5) is 33.0. The molecule has 0 radical (unpaired) electrons. The van der Waals surface area contributed by atoms with Crippen LogP contribution >= 0.6 is 24.0 Å². The third-order valence-electron chi connectivity index (χ3n) is 6.05. The first kappa shape index (κ1) is 23.5. The van der Waals surface area contributed by atoms with Crippen LogP contribution in [0.2, 0.25) is 0 Å². The van der Waals surface area contributed by atoms with Crippen molar-refractivity contribution in [1.82, 2.24) is 25.8 Å². The van der Waals surface area contributed by atoms with Crippen molar-refractivity contribution < 1.29 is 9.59 Å². The van der Waals surface area contributed by atoms with E-state index in [0.717, 1.165) is 28.1 Å². The van der Waals surface area contributed by atoms with Gasteiger partial charge in [0.2, 0.25) is 11.8 Å². The van der Waals surface area contributed by atoms with Gasteiger partial charge < -0.3 is 20.9 Å². The lowest BCUT2D eigenvalue weighted by atomic mass is 9.94. The van der Waals surface area contributed by atoms with Gasteiger partial charge in [-0.25, -0.2) is 0 Å². The minimum atomic E-state index is -0.297. The molecule has 1 aromatic heterocycles. The Morgan fingerprint density at radius 3 is 2.82 bits per heavy atom. The zero-order chi connectivity index (χ0) is 23.4. The van der Waals surface area contributed by atoms with Crippen LogP contribution in [0.4, 0.5) is 0 Å². The number of benzene rings is 1. The molecule has 0 aliphatic carbocycles. The average molecular weight is 484 g/mol. The van der Waals surface area contributed by atoms with E-state index in [4.69, 9.17) is 12.2 Å². The fourth-order valence-electron chi connectivity index (χ4n) is 4.33. The molecule has 174 valence electrons. The molecule has 4 rings (SSSR count). The highest BCUT2D eigenvalue weighted by Gasteiger charge is 2.32. The molecule has 3 heterocycles. The van der Waals surface area contributed by atoms with Gasteiger partial charge in [-0.2, -0.15) is 0 Å². The molecule has 0 bridgehead atoms. The third-order valence-corrected chi connectivity index (χ3v) is 7.30. The van der Waals surface area contributed by atoms with Gasteiger partial charge in [0.1, 0.15) is 6.04 Å². The number of fused-ring (bicyclic) bond motifs is 1. The number of nitrogens with one attached hydrogen (secondary N) is 3. The molecule has 7 nitrogen and oxygen atoms in total. The van der Waals surface area contributed by atoms with Crippen molar-refractivity contribution in [2.24, 2.45) is 0 Å². The summed E-state index contributed by atoms with van der Waals surface area (Å²) in [6, 6.07) is 9.77. The number of aromatic nitrogens is 1. The summed E-state index contributed by atoms with van der Waals surface area (Å²) in [6.45, 7) is 5.63. The van der Waals surface area contributed by atoms with Crippen molar-refractivity contribution in [3.05, 3.63) is 58.9 Å². The van der Waals surface area contributed by atoms with Gasteiger partial charge in [-0.05, 0) is 67.7 Å². The van der Waals surface area contributed by atoms with E-state index >= 15 is 0 Å². The van der Waals surface area contributed by atoms with Crippen LogP contribution in [-0.2, 0) is 29.1 Å². The fourth-order valence-corrected chi connectivity index (χ4v) is 5.42. The molecule has 2 aromatic rings. The van der Waals surface area contributed by atoms with E-state index in [-0.39, 0.29) is 23.9 Å². The molecule has 9 heteroatoms. The van der Waals surface area contributed by atoms with Crippen LogP contribution in [-0.4, -0.2) is 51.2 Å². The van der Waals surface area contributed by atoms with Gasteiger partial charge in [0, 0.05) is 42.5 Å². The Morgan fingerprint density at radius 1 is 1.27 bits per heavy atom. The molecule has 33 heavy (non-hydrogen) atoms. The van der Waals surface area contributed by atoms with Gasteiger partial charge in [-0.3, -0.25) is 14.6 Å². The summed E-state index contributed by atoms with van der Waals surface area (Å²) in [5.41, 5.74) is 4.23. The molecule has 3 N–H and O–H groups in total. The summed E-state index contributed by atoms with van der Waals surface area (Å²) in [5.74, 6) is 0.442. The van der Waals surface area contributed by atoms with Crippen molar-refractivity contribution in [2.75, 3.05) is 12.3 Å². The lowest BCUT2D eigenvalue weighted by molar-refractivity contribution is -0.134. The number of thioether (sulfide) groups is 1. The molecular weight excluding hydrogens is 454 g/mol. The molecule has 1 aromatic carbocycles. The molecule has 2 amide bonds. The molecule has 1 saturated heterocycles. The van der Waals surface area contributed by atoms with E-state index in [1.165, 1.54) is 17.3 Å². The van der Waals surface area contributed by atoms with E-state index < -0.39 is 0 Å². The van der Waals surface area contributed by atoms with E-state index in [1.807, 2.05) is 55.3 Å². The molecule has 1 fully saturated rings. The van der Waals surface area contributed by atoms with E-state index in [0.29, 0.717) is 36.9 Å². The Labute approximate surface area is 204 Å². The van der Waals surface area contributed by atoms with Crippen LogP contribution in [0.5, 0.6) is 0 Å². The Bertz CT molecular complexity index is 1050. The molecule has 0 unspecified atom stereocenters. The molecule has 0 spiro atoms. The maximum absolute atomic E-state index is 13.1. The van der Waals surface area contributed by atoms with Crippen LogP contribution in [0.3, 0.4) is 0 Å². The SMILES string of the molecule is Cc1ncc2c(c1CNC(=O)CSc1ccccc1)CCN(C(=O)[C@@H]1C[C@@H](C)NC(=S)N1)C2. The van der Waals surface area contributed by atoms with Gasteiger partial charge in [-0.15, -0.1) is 11.8 Å². The number of amides is 2. The maximum atomic E-state index is 13.1. The van der Waals surface area contributed by atoms with Gasteiger partial charge in [0.25, 0.3) is 0 Å². The van der Waals surface area contributed by atoms with Gasteiger partial charge in [-0.1, -0.05) is 18.2 Å². The number of carbonyl (C=O) groups is 2. The van der Waals surface area contributed by atoms with Crippen LogP contribution in [0, 0.1) is 6.92 Å². The first-order valence-corrected chi connectivity index (χ1v) is 12.6. The van der Waals surface area contributed by atoms with Gasteiger partial charge in [0.15, 0.2) is 5.11 Å². The first-order chi connectivity index (χ1) is 15.9. The molecule has 0 saturated carbocycles. The number of rotatable bonds is 6. The number of thiocarbonyl (C=S) groups is 1. The predicted octanol–water partition coefficient (Wildman–Crippen LogP) is 2.31. The normalized spacial score (nSPS) is 19.8. The zero-order valence-corrected chi connectivity index (χ0v) is 20.5. The molecule has 2 atom stereocenters. The number of hydrogen-bond donors (Lipinski definition) is 3. The number of hydrogen-bond acceptors (Lipinski definition) is 5. The lowest BCUT2D eigenvalue weighted by Gasteiger charge is -2.36. The Morgan fingerprint density at radius 2 is 2.06 bits per heavy atom. The van der Waals surface area contributed by atoms with Crippen molar-refractivity contribution in [2.45, 2.75) is 56.8 Å². The van der Waals surface area contributed by atoms with Crippen molar-refractivity contribution in [3.63, 3.8) is 0 Å². The smallest absolute Gasteiger partial charge is 0.245 e. The van der Waals surface area contributed by atoms with E-state index in [2.05, 4.69) is 20.9 Å². The van der Waals surface area contributed by atoms with Gasteiger partial charge in [0.05, 0.1) is 5.75 Å². The standard InChI is InChI=1S/C24H29N5O2S2/c1-15-10-21(28-24(32)27-15)23(31)29-9-8-19-17(13-29)11-25-16(2)20(19)12-26-22(30)14-33-18-6-4-3-5-7-18/h3-7,11,15,21H,8-10,12-14H2,1-2H3,(H,26,30)(H2,27,28,32)/t15-,21+/m1/s1. The number of nitrogens with zero attached hydrogens (tertiary/aromatic N) is 2. The Balaban J connectivity index is 1.37. The number of pyridine rings is 1. The monoisotopic (exact) mass is 483 g/mol. The Kier molecular flexibility index (Phi) is 7.49. The highest BCUT2D eigenvalue weighted by atomic mass is 32.2. The van der Waals surface area contributed by atoms with Crippen molar-refractivity contribution in [1.29, 1.82) is 0 Å². The topological polar surface area (TPSA) is 86.4 Å². The summed E-state index contributed by atoms with van der Waals surface area (Å²) in [6.07, 6.45) is 3.32. The van der Waals surface area contributed by atoms with Crippen LogP contribution < -0.4 is 16.0 Å². The van der Waals surface area contributed by atoms with E-state index in [1.54, 1.807) is 0 Å².